The molecule has 1 atom stereocenters. The number of amides is 1. The van der Waals surface area contributed by atoms with Crippen molar-refractivity contribution in [1.29, 1.82) is 0 Å². The van der Waals surface area contributed by atoms with Gasteiger partial charge in [-0.05, 0) is 18.2 Å². The Morgan fingerprint density at radius 2 is 2.00 bits per heavy atom. The number of hydrogen-bond acceptors (Lipinski definition) is 4. The van der Waals surface area contributed by atoms with E-state index in [1.54, 1.807) is 18.2 Å². The van der Waals surface area contributed by atoms with Crippen molar-refractivity contribution in [2.24, 2.45) is 0 Å². The topological polar surface area (TPSA) is 84.9 Å². The van der Waals surface area contributed by atoms with Gasteiger partial charge in [0, 0.05) is 19.0 Å². The van der Waals surface area contributed by atoms with Crippen LogP contribution in [0.15, 0.2) is 18.2 Å². The van der Waals surface area contributed by atoms with Crippen molar-refractivity contribution in [3.05, 3.63) is 23.8 Å². The zero-order chi connectivity index (χ0) is 14.4. The lowest BCUT2D eigenvalue weighted by Crippen LogP contribution is -2.24. The number of carbonyl (C=O) groups is 2. The molecule has 2 N–H and O–H groups in total. The fourth-order valence-corrected chi connectivity index (χ4v) is 1.73. The van der Waals surface area contributed by atoms with Crippen molar-refractivity contribution in [2.45, 2.75) is 12.3 Å². The molecule has 1 aromatic carbocycles. The lowest BCUT2D eigenvalue weighted by Gasteiger charge is -2.16. The van der Waals surface area contributed by atoms with Gasteiger partial charge in [-0.3, -0.25) is 9.59 Å². The first-order valence-electron chi connectivity index (χ1n) is 5.68. The highest BCUT2D eigenvalue weighted by Gasteiger charge is 2.26. The van der Waals surface area contributed by atoms with Crippen LogP contribution in [-0.4, -0.2) is 38.3 Å². The third-order valence-corrected chi connectivity index (χ3v) is 2.78. The molecule has 0 aliphatic heterocycles. The third kappa shape index (κ3) is 3.61. The first-order valence-corrected chi connectivity index (χ1v) is 5.68. The highest BCUT2D eigenvalue weighted by molar-refractivity contribution is 5.86. The molecule has 0 aliphatic carbocycles. The van der Waals surface area contributed by atoms with E-state index in [0.29, 0.717) is 17.1 Å². The molecule has 1 aromatic rings. The zero-order valence-corrected chi connectivity index (χ0v) is 11.1. The normalized spacial score (nSPS) is 11.5. The second-order valence-electron chi connectivity index (χ2n) is 3.88. The molecule has 1 amide bonds. The average molecular weight is 267 g/mol. The van der Waals surface area contributed by atoms with Crippen LogP contribution < -0.4 is 14.8 Å². The first-order chi connectivity index (χ1) is 9.03. The van der Waals surface area contributed by atoms with Gasteiger partial charge < -0.3 is 19.9 Å². The molecule has 19 heavy (non-hydrogen) atoms. The summed E-state index contributed by atoms with van der Waals surface area (Å²) in [6, 6.07) is 4.86. The number of carboxylic acid groups (broad SMARTS) is 1. The smallest absolute Gasteiger partial charge is 0.311 e. The van der Waals surface area contributed by atoms with E-state index in [4.69, 9.17) is 9.47 Å². The van der Waals surface area contributed by atoms with Crippen molar-refractivity contribution >= 4 is 11.9 Å². The highest BCUT2D eigenvalue weighted by Crippen LogP contribution is 2.32. The number of carbonyl (C=O) groups excluding carboxylic acids is 1. The summed E-state index contributed by atoms with van der Waals surface area (Å²) < 4.78 is 10.2. The van der Waals surface area contributed by atoms with Gasteiger partial charge in [0.15, 0.2) is 0 Å². The summed E-state index contributed by atoms with van der Waals surface area (Å²) in [6.45, 7) is 0. The Balaban J connectivity index is 3.19. The maximum Gasteiger partial charge on any atom is 0.311 e. The summed E-state index contributed by atoms with van der Waals surface area (Å²) in [5.74, 6) is -1.49. The minimum Gasteiger partial charge on any atom is -0.497 e. The minimum absolute atomic E-state index is 0.157. The fraction of sp³-hybridized carbons (Fsp3) is 0.385. The molecular weight excluding hydrogens is 250 g/mol. The number of benzene rings is 1. The van der Waals surface area contributed by atoms with Crippen LogP contribution in [0, 0.1) is 0 Å². The Bertz CT molecular complexity index is 472. The van der Waals surface area contributed by atoms with E-state index in [-0.39, 0.29) is 12.3 Å². The van der Waals surface area contributed by atoms with Crippen LogP contribution in [0.3, 0.4) is 0 Å². The van der Waals surface area contributed by atoms with Gasteiger partial charge in [-0.1, -0.05) is 0 Å². The molecule has 1 unspecified atom stereocenters. The zero-order valence-electron chi connectivity index (χ0n) is 11.1. The lowest BCUT2D eigenvalue weighted by molar-refractivity contribution is -0.140. The van der Waals surface area contributed by atoms with Crippen LogP contribution >= 0.6 is 0 Å². The Morgan fingerprint density at radius 1 is 1.32 bits per heavy atom. The molecular formula is C13H17NO5. The van der Waals surface area contributed by atoms with Gasteiger partial charge >= 0.3 is 5.97 Å². The Hall–Kier alpha value is -2.24. The maximum atomic E-state index is 11.4. The predicted octanol–water partition coefficient (Wildman–Crippen LogP) is 1.01. The van der Waals surface area contributed by atoms with Crippen molar-refractivity contribution < 1.29 is 24.2 Å². The first kappa shape index (κ1) is 14.8. The van der Waals surface area contributed by atoms with Gasteiger partial charge in [-0.2, -0.15) is 0 Å². The molecule has 104 valence electrons. The molecule has 6 nitrogen and oxygen atoms in total. The molecule has 0 spiro atoms. The Kier molecular flexibility index (Phi) is 5.17. The molecule has 0 radical (unpaired) electrons. The number of nitrogens with one attached hydrogen (secondary N) is 1. The lowest BCUT2D eigenvalue weighted by atomic mass is 9.94. The molecule has 6 heteroatoms. The second kappa shape index (κ2) is 6.63. The highest BCUT2D eigenvalue weighted by atomic mass is 16.5. The van der Waals surface area contributed by atoms with Crippen molar-refractivity contribution in [2.75, 3.05) is 21.3 Å². The number of methoxy groups -OCH3 is 2. The van der Waals surface area contributed by atoms with Crippen LogP contribution in [0.4, 0.5) is 0 Å². The quantitative estimate of drug-likeness (QED) is 0.803. The average Bonchev–Trinajstić information content (AvgIpc) is 2.43. The number of aliphatic carboxylic acids is 1. The van der Waals surface area contributed by atoms with E-state index in [9.17, 15) is 14.7 Å². The predicted molar refractivity (Wildman–Crippen MR) is 68.6 cm³/mol. The van der Waals surface area contributed by atoms with Gasteiger partial charge in [0.25, 0.3) is 0 Å². The largest absolute Gasteiger partial charge is 0.497 e. The van der Waals surface area contributed by atoms with Gasteiger partial charge in [-0.15, -0.1) is 0 Å². The number of carboxylic acids is 1. The minimum atomic E-state index is -1.09. The van der Waals surface area contributed by atoms with Crippen LogP contribution in [-0.2, 0) is 9.59 Å². The van der Waals surface area contributed by atoms with E-state index in [1.165, 1.54) is 21.3 Å². The summed E-state index contributed by atoms with van der Waals surface area (Å²) in [4.78, 5) is 22.8. The molecule has 0 bridgehead atoms. The Morgan fingerprint density at radius 3 is 2.47 bits per heavy atom. The third-order valence-electron chi connectivity index (χ3n) is 2.78. The van der Waals surface area contributed by atoms with E-state index >= 15 is 0 Å². The van der Waals surface area contributed by atoms with Crippen molar-refractivity contribution in [3.63, 3.8) is 0 Å². The Labute approximate surface area is 111 Å². The van der Waals surface area contributed by atoms with Gasteiger partial charge in [0.05, 0.1) is 20.1 Å². The van der Waals surface area contributed by atoms with Gasteiger partial charge in [0.1, 0.15) is 11.5 Å². The van der Waals surface area contributed by atoms with E-state index < -0.39 is 11.9 Å². The molecule has 0 aromatic heterocycles. The van der Waals surface area contributed by atoms with E-state index in [0.717, 1.165) is 0 Å². The van der Waals surface area contributed by atoms with Crippen molar-refractivity contribution in [3.8, 4) is 11.5 Å². The number of hydrogen-bond donors (Lipinski definition) is 2. The van der Waals surface area contributed by atoms with Crippen LogP contribution in [0.5, 0.6) is 11.5 Å². The maximum absolute atomic E-state index is 11.4. The standard InChI is InChI=1S/C13H17NO5/c1-14-12(15)7-10(13(16)17)9-6-8(18-2)4-5-11(9)19-3/h4-6,10H,7H2,1-3H3,(H,14,15)(H,16,17). The van der Waals surface area contributed by atoms with Crippen LogP contribution in [0.2, 0.25) is 0 Å². The monoisotopic (exact) mass is 267 g/mol. The molecule has 0 heterocycles. The van der Waals surface area contributed by atoms with Gasteiger partial charge in [-0.25, -0.2) is 0 Å². The van der Waals surface area contributed by atoms with Crippen LogP contribution in [0.1, 0.15) is 17.9 Å². The summed E-state index contributed by atoms with van der Waals surface area (Å²) in [6.07, 6.45) is -0.157. The van der Waals surface area contributed by atoms with Crippen molar-refractivity contribution in [1.82, 2.24) is 5.32 Å². The molecule has 0 saturated heterocycles. The van der Waals surface area contributed by atoms with E-state index in [1.807, 2.05) is 0 Å². The summed E-state index contributed by atoms with van der Waals surface area (Å²) in [5.41, 5.74) is 0.415. The summed E-state index contributed by atoms with van der Waals surface area (Å²) in [7, 11) is 4.40. The summed E-state index contributed by atoms with van der Waals surface area (Å²) in [5, 5.41) is 11.7. The number of ether oxygens (including phenoxy) is 2. The molecule has 0 aliphatic rings. The SMILES string of the molecule is CNC(=O)CC(C(=O)O)c1cc(OC)ccc1OC. The number of rotatable bonds is 6. The fourth-order valence-electron chi connectivity index (χ4n) is 1.73. The molecule has 0 fully saturated rings. The van der Waals surface area contributed by atoms with E-state index in [2.05, 4.69) is 5.32 Å². The van der Waals surface area contributed by atoms with Crippen LogP contribution in [0.25, 0.3) is 0 Å². The summed E-state index contributed by atoms with van der Waals surface area (Å²) >= 11 is 0. The second-order valence-corrected chi connectivity index (χ2v) is 3.88. The molecule has 1 rings (SSSR count). The molecule has 0 saturated carbocycles. The van der Waals surface area contributed by atoms with Gasteiger partial charge in [0.2, 0.25) is 5.91 Å².